The fraction of sp³-hybridized carbons (Fsp3) is 0.250. The van der Waals surface area contributed by atoms with E-state index in [9.17, 15) is 9.59 Å². The van der Waals surface area contributed by atoms with E-state index in [-0.39, 0.29) is 12.7 Å². The van der Waals surface area contributed by atoms with Crippen LogP contribution in [-0.4, -0.2) is 31.8 Å². The van der Waals surface area contributed by atoms with Gasteiger partial charge in [0.15, 0.2) is 11.5 Å². The summed E-state index contributed by atoms with van der Waals surface area (Å²) in [5.74, 6) is 0.575. The zero-order valence-electron chi connectivity index (χ0n) is 12.4. The Balaban J connectivity index is 1.86. The van der Waals surface area contributed by atoms with Gasteiger partial charge >= 0.3 is 5.97 Å². The number of allylic oxidation sites excluding steroid dienone is 2. The number of carbonyl (C=O) groups excluding carboxylic acids is 2. The molecule has 1 atom stereocenters. The van der Waals surface area contributed by atoms with E-state index in [0.29, 0.717) is 5.75 Å². The molecule has 0 spiro atoms. The maximum atomic E-state index is 11.6. The number of hydrogen-bond donors (Lipinski definition) is 1. The van der Waals surface area contributed by atoms with Crippen LogP contribution in [0.4, 0.5) is 0 Å². The Morgan fingerprint density at radius 1 is 1.27 bits per heavy atom. The minimum Gasteiger partial charge on any atom is -0.467 e. The molecule has 0 aromatic heterocycles. The van der Waals surface area contributed by atoms with Gasteiger partial charge in [-0.05, 0) is 24.6 Å². The molecule has 1 heterocycles. The van der Waals surface area contributed by atoms with Gasteiger partial charge in [0, 0.05) is 6.08 Å². The lowest BCUT2D eigenvalue weighted by atomic mass is 10.2. The summed E-state index contributed by atoms with van der Waals surface area (Å²) < 4.78 is 15.0. The first-order valence-corrected chi connectivity index (χ1v) is 6.73. The molecule has 116 valence electrons. The third-order valence-corrected chi connectivity index (χ3v) is 2.96. The SMILES string of the molecule is COC(=O)[C@H](C)NC(=O)/C=C/C=C/c1ccc2c(c1)OCO2. The van der Waals surface area contributed by atoms with Crippen molar-refractivity contribution in [2.75, 3.05) is 13.9 Å². The van der Waals surface area contributed by atoms with Crippen LogP contribution in [0.2, 0.25) is 0 Å². The molecule has 1 N–H and O–H groups in total. The van der Waals surface area contributed by atoms with Crippen LogP contribution in [0.5, 0.6) is 11.5 Å². The summed E-state index contributed by atoms with van der Waals surface area (Å²) in [7, 11) is 1.27. The van der Waals surface area contributed by atoms with E-state index in [1.165, 1.54) is 13.2 Å². The van der Waals surface area contributed by atoms with E-state index in [1.54, 1.807) is 19.1 Å². The highest BCUT2D eigenvalue weighted by Gasteiger charge is 2.14. The molecule has 6 nitrogen and oxygen atoms in total. The van der Waals surface area contributed by atoms with Crippen molar-refractivity contribution in [2.45, 2.75) is 13.0 Å². The zero-order valence-corrected chi connectivity index (χ0v) is 12.4. The normalized spacial score (nSPS) is 14.3. The van der Waals surface area contributed by atoms with Crippen LogP contribution in [-0.2, 0) is 14.3 Å². The molecule has 6 heteroatoms. The van der Waals surface area contributed by atoms with Crippen molar-refractivity contribution < 1.29 is 23.8 Å². The number of hydrogen-bond acceptors (Lipinski definition) is 5. The van der Waals surface area contributed by atoms with Crippen LogP contribution < -0.4 is 14.8 Å². The summed E-state index contributed by atoms with van der Waals surface area (Å²) in [6.07, 6.45) is 6.47. The van der Waals surface area contributed by atoms with Crippen LogP contribution in [0.25, 0.3) is 6.08 Å². The van der Waals surface area contributed by atoms with Gasteiger partial charge in [-0.15, -0.1) is 0 Å². The highest BCUT2D eigenvalue weighted by molar-refractivity contribution is 5.91. The number of rotatable bonds is 5. The molecule has 1 aliphatic heterocycles. The topological polar surface area (TPSA) is 73.9 Å². The number of benzene rings is 1. The van der Waals surface area contributed by atoms with Crippen molar-refractivity contribution in [2.24, 2.45) is 0 Å². The quantitative estimate of drug-likeness (QED) is 0.509. The number of ether oxygens (including phenoxy) is 3. The van der Waals surface area contributed by atoms with Crippen molar-refractivity contribution in [3.05, 3.63) is 42.0 Å². The Morgan fingerprint density at radius 2 is 2.05 bits per heavy atom. The van der Waals surface area contributed by atoms with E-state index >= 15 is 0 Å². The Bertz CT molecular complexity index is 621. The molecule has 0 radical (unpaired) electrons. The van der Waals surface area contributed by atoms with E-state index in [4.69, 9.17) is 9.47 Å². The highest BCUT2D eigenvalue weighted by atomic mass is 16.7. The van der Waals surface area contributed by atoms with Crippen LogP contribution in [0.1, 0.15) is 12.5 Å². The number of esters is 1. The number of carbonyl (C=O) groups is 2. The first-order valence-electron chi connectivity index (χ1n) is 6.73. The van der Waals surface area contributed by atoms with E-state index in [0.717, 1.165) is 11.3 Å². The highest BCUT2D eigenvalue weighted by Crippen LogP contribution is 2.32. The Kier molecular flexibility index (Phi) is 5.19. The molecule has 1 aromatic carbocycles. The van der Waals surface area contributed by atoms with E-state index in [1.807, 2.05) is 24.3 Å². The molecule has 1 aromatic rings. The van der Waals surface area contributed by atoms with Crippen LogP contribution in [0.15, 0.2) is 36.4 Å². The molecule has 2 rings (SSSR count). The second-order valence-corrected chi connectivity index (χ2v) is 4.58. The number of methoxy groups -OCH3 is 1. The molecular formula is C16H17NO5. The van der Waals surface area contributed by atoms with Crippen molar-refractivity contribution in [1.29, 1.82) is 0 Å². The molecule has 0 fully saturated rings. The lowest BCUT2D eigenvalue weighted by Crippen LogP contribution is -2.38. The fourth-order valence-corrected chi connectivity index (χ4v) is 1.82. The average molecular weight is 303 g/mol. The zero-order chi connectivity index (χ0) is 15.9. The first kappa shape index (κ1) is 15.6. The smallest absolute Gasteiger partial charge is 0.328 e. The van der Waals surface area contributed by atoms with Gasteiger partial charge < -0.3 is 19.5 Å². The average Bonchev–Trinajstić information content (AvgIpc) is 2.98. The van der Waals surface area contributed by atoms with Crippen molar-refractivity contribution in [1.82, 2.24) is 5.32 Å². The lowest BCUT2D eigenvalue weighted by molar-refractivity contribution is -0.144. The molecule has 0 saturated carbocycles. The van der Waals surface area contributed by atoms with Gasteiger partial charge in [-0.1, -0.05) is 24.3 Å². The molecule has 0 bridgehead atoms. The summed E-state index contributed by atoms with van der Waals surface area (Å²) in [6.45, 7) is 1.79. The predicted molar refractivity (Wildman–Crippen MR) is 80.4 cm³/mol. The maximum Gasteiger partial charge on any atom is 0.328 e. The third-order valence-electron chi connectivity index (χ3n) is 2.96. The molecule has 0 unspecified atom stereocenters. The lowest BCUT2D eigenvalue weighted by Gasteiger charge is -2.08. The van der Waals surface area contributed by atoms with Crippen LogP contribution >= 0.6 is 0 Å². The molecular weight excluding hydrogens is 286 g/mol. The van der Waals surface area contributed by atoms with Crippen LogP contribution in [0, 0.1) is 0 Å². The van der Waals surface area contributed by atoms with Crippen molar-refractivity contribution in [3.8, 4) is 11.5 Å². The van der Waals surface area contributed by atoms with Crippen LogP contribution in [0.3, 0.4) is 0 Å². The van der Waals surface area contributed by atoms with Crippen molar-refractivity contribution in [3.63, 3.8) is 0 Å². The summed E-state index contributed by atoms with van der Waals surface area (Å²) in [4.78, 5) is 22.7. The minimum atomic E-state index is -0.681. The van der Waals surface area contributed by atoms with Gasteiger partial charge in [-0.2, -0.15) is 0 Å². The van der Waals surface area contributed by atoms with Gasteiger partial charge in [0.1, 0.15) is 6.04 Å². The number of amides is 1. The van der Waals surface area contributed by atoms with Gasteiger partial charge in [-0.25, -0.2) is 4.79 Å². The Morgan fingerprint density at radius 3 is 2.82 bits per heavy atom. The number of fused-ring (bicyclic) bond motifs is 1. The second-order valence-electron chi connectivity index (χ2n) is 4.58. The Labute approximate surface area is 128 Å². The van der Waals surface area contributed by atoms with Gasteiger partial charge in [-0.3, -0.25) is 4.79 Å². The summed E-state index contributed by atoms with van der Waals surface area (Å²) in [6, 6.07) is 4.89. The maximum absolute atomic E-state index is 11.6. The fourth-order valence-electron chi connectivity index (χ4n) is 1.82. The predicted octanol–water partition coefficient (Wildman–Crippen LogP) is 1.66. The standard InChI is InChI=1S/C16H17NO5/c1-11(16(19)20-2)17-15(18)6-4-3-5-12-7-8-13-14(9-12)22-10-21-13/h3-9,11H,10H2,1-2H3,(H,17,18)/b5-3+,6-4+/t11-/m0/s1. The molecule has 1 amide bonds. The van der Waals surface area contributed by atoms with Gasteiger partial charge in [0.05, 0.1) is 7.11 Å². The second kappa shape index (κ2) is 7.31. The largest absolute Gasteiger partial charge is 0.467 e. The van der Waals surface area contributed by atoms with E-state index in [2.05, 4.69) is 10.1 Å². The summed E-state index contributed by atoms with van der Waals surface area (Å²) in [5, 5.41) is 2.49. The monoisotopic (exact) mass is 303 g/mol. The Hall–Kier alpha value is -2.76. The molecule has 0 aliphatic carbocycles. The van der Waals surface area contributed by atoms with Gasteiger partial charge in [0.2, 0.25) is 12.7 Å². The number of nitrogens with one attached hydrogen (secondary N) is 1. The molecule has 0 saturated heterocycles. The first-order chi connectivity index (χ1) is 10.6. The van der Waals surface area contributed by atoms with Gasteiger partial charge in [0.25, 0.3) is 0 Å². The minimum absolute atomic E-state index is 0.237. The van der Waals surface area contributed by atoms with Crippen molar-refractivity contribution >= 4 is 18.0 Å². The molecule has 22 heavy (non-hydrogen) atoms. The third kappa shape index (κ3) is 4.12. The molecule has 1 aliphatic rings. The summed E-state index contributed by atoms with van der Waals surface area (Å²) in [5.41, 5.74) is 0.928. The van der Waals surface area contributed by atoms with E-state index < -0.39 is 12.0 Å². The summed E-state index contributed by atoms with van der Waals surface area (Å²) >= 11 is 0.